The van der Waals surface area contributed by atoms with Gasteiger partial charge < -0.3 is 0 Å². The van der Waals surface area contributed by atoms with Gasteiger partial charge in [0.15, 0.2) is 11.6 Å². The van der Waals surface area contributed by atoms with E-state index < -0.39 is 0 Å². The van der Waals surface area contributed by atoms with Crippen LogP contribution in [0.4, 0.5) is 0 Å². The first-order chi connectivity index (χ1) is 17.4. The van der Waals surface area contributed by atoms with E-state index in [1.807, 2.05) is 44.2 Å². The summed E-state index contributed by atoms with van der Waals surface area (Å²) in [5.41, 5.74) is 7.97. The van der Waals surface area contributed by atoms with E-state index in [1.165, 1.54) is 18.4 Å². The van der Waals surface area contributed by atoms with Crippen LogP contribution in [-0.4, -0.2) is 35.3 Å². The largest absolute Gasteiger partial charge is 0.294 e. The predicted octanol–water partition coefficient (Wildman–Crippen LogP) is 4.78. The second-order valence-corrected chi connectivity index (χ2v) is 9.50. The number of Topliss-reactive ketones (excluding diaryl/α,β-unsaturated/α-hetero) is 1. The van der Waals surface area contributed by atoms with E-state index in [9.17, 15) is 10.1 Å². The Kier molecular flexibility index (Phi) is 6.23. The third kappa shape index (κ3) is 4.44. The van der Waals surface area contributed by atoms with Gasteiger partial charge in [-0.1, -0.05) is 19.1 Å². The molecular formula is C28H29N7O. The Bertz CT molecular complexity index is 1480. The van der Waals surface area contributed by atoms with Gasteiger partial charge in [0.05, 0.1) is 40.0 Å². The highest BCUT2D eigenvalue weighted by Crippen LogP contribution is 2.34. The van der Waals surface area contributed by atoms with Crippen LogP contribution in [0.15, 0.2) is 36.7 Å². The standard InChI is InChI=1S/C28H29N7O/c1-5-24-25(34(15-21-6-7-21)33-28(24)22-10-8-20(14-29)9-11-22)12-23-13-26(31-16-30-23)35-18(3)27(19(4)36)17(2)32-35/h8-11,13,16,21H,5-7,12,15H2,1-4H3. The number of aromatic nitrogens is 6. The molecule has 0 saturated heterocycles. The number of nitrogens with zero attached hydrogens (tertiary/aromatic N) is 7. The Morgan fingerprint density at radius 3 is 2.50 bits per heavy atom. The first kappa shape index (κ1) is 23.6. The van der Waals surface area contributed by atoms with Gasteiger partial charge in [-0.25, -0.2) is 14.6 Å². The quantitative estimate of drug-likeness (QED) is 0.337. The van der Waals surface area contributed by atoms with Gasteiger partial charge in [0.1, 0.15) is 6.33 Å². The molecule has 36 heavy (non-hydrogen) atoms. The molecule has 5 rings (SSSR count). The summed E-state index contributed by atoms with van der Waals surface area (Å²) in [6.45, 7) is 8.35. The van der Waals surface area contributed by atoms with Crippen molar-refractivity contribution in [2.24, 2.45) is 5.92 Å². The molecule has 8 nitrogen and oxygen atoms in total. The van der Waals surface area contributed by atoms with Crippen molar-refractivity contribution in [3.05, 3.63) is 76.1 Å². The van der Waals surface area contributed by atoms with Crippen LogP contribution >= 0.6 is 0 Å². The molecule has 1 aliphatic carbocycles. The third-order valence-corrected chi connectivity index (χ3v) is 6.85. The van der Waals surface area contributed by atoms with Crippen molar-refractivity contribution in [2.75, 3.05) is 0 Å². The third-order valence-electron chi connectivity index (χ3n) is 6.85. The molecule has 1 aliphatic rings. The molecular weight excluding hydrogens is 450 g/mol. The zero-order valence-electron chi connectivity index (χ0n) is 21.1. The zero-order valence-corrected chi connectivity index (χ0v) is 21.1. The zero-order chi connectivity index (χ0) is 25.4. The summed E-state index contributed by atoms with van der Waals surface area (Å²) in [4.78, 5) is 21.1. The maximum absolute atomic E-state index is 12.1. The molecule has 0 atom stereocenters. The smallest absolute Gasteiger partial charge is 0.163 e. The fourth-order valence-electron chi connectivity index (χ4n) is 4.88. The first-order valence-electron chi connectivity index (χ1n) is 12.4. The van der Waals surface area contributed by atoms with Gasteiger partial charge in [-0.3, -0.25) is 9.48 Å². The van der Waals surface area contributed by atoms with Crippen molar-refractivity contribution in [2.45, 2.75) is 59.9 Å². The molecule has 0 bridgehead atoms. The number of hydrogen-bond donors (Lipinski definition) is 0. The van der Waals surface area contributed by atoms with Crippen molar-refractivity contribution in [1.29, 1.82) is 5.26 Å². The summed E-state index contributed by atoms with van der Waals surface area (Å²) in [5, 5.41) is 18.8. The van der Waals surface area contributed by atoms with Crippen LogP contribution in [0.2, 0.25) is 0 Å². The minimum Gasteiger partial charge on any atom is -0.294 e. The van der Waals surface area contributed by atoms with E-state index in [4.69, 9.17) is 5.10 Å². The molecule has 182 valence electrons. The lowest BCUT2D eigenvalue weighted by molar-refractivity contribution is 0.101. The molecule has 0 N–H and O–H groups in total. The average molecular weight is 480 g/mol. The molecule has 0 unspecified atom stereocenters. The fraction of sp³-hybridized carbons (Fsp3) is 0.357. The number of nitriles is 1. The molecule has 3 aromatic heterocycles. The number of benzene rings is 1. The lowest BCUT2D eigenvalue weighted by Crippen LogP contribution is -2.10. The Morgan fingerprint density at radius 2 is 1.89 bits per heavy atom. The lowest BCUT2D eigenvalue weighted by atomic mass is 10.0. The number of ketones is 1. The number of carbonyl (C=O) groups is 1. The van der Waals surface area contributed by atoms with Crippen LogP contribution < -0.4 is 0 Å². The molecule has 0 radical (unpaired) electrons. The van der Waals surface area contributed by atoms with Gasteiger partial charge in [0.25, 0.3) is 0 Å². The van der Waals surface area contributed by atoms with Crippen LogP contribution in [0.3, 0.4) is 0 Å². The van der Waals surface area contributed by atoms with Gasteiger partial charge in [0, 0.05) is 35.9 Å². The SMILES string of the molecule is CCc1c(-c2ccc(C#N)cc2)nn(CC2CC2)c1Cc1cc(-n2nc(C)c(C(C)=O)c2C)ncn1. The minimum atomic E-state index is -0.00238. The second-order valence-electron chi connectivity index (χ2n) is 9.50. The summed E-state index contributed by atoms with van der Waals surface area (Å²) in [7, 11) is 0. The van der Waals surface area contributed by atoms with E-state index in [0.717, 1.165) is 41.3 Å². The summed E-state index contributed by atoms with van der Waals surface area (Å²) >= 11 is 0. The van der Waals surface area contributed by atoms with E-state index in [-0.39, 0.29) is 5.78 Å². The Hall–Kier alpha value is -4.12. The van der Waals surface area contributed by atoms with Gasteiger partial charge in [0.2, 0.25) is 0 Å². The van der Waals surface area contributed by atoms with Crippen molar-refractivity contribution < 1.29 is 4.79 Å². The van der Waals surface area contributed by atoms with E-state index in [1.54, 1.807) is 17.9 Å². The number of rotatable bonds is 8. The summed E-state index contributed by atoms with van der Waals surface area (Å²) < 4.78 is 3.88. The Balaban J connectivity index is 1.54. The molecule has 8 heteroatoms. The van der Waals surface area contributed by atoms with Gasteiger partial charge in [-0.05, 0) is 58.1 Å². The number of carbonyl (C=O) groups excluding carboxylic acids is 1. The van der Waals surface area contributed by atoms with Gasteiger partial charge in [-0.2, -0.15) is 15.5 Å². The van der Waals surface area contributed by atoms with E-state index in [0.29, 0.717) is 35.0 Å². The molecule has 1 aromatic carbocycles. The fourth-order valence-corrected chi connectivity index (χ4v) is 4.88. The monoisotopic (exact) mass is 479 g/mol. The molecule has 0 spiro atoms. The molecule has 0 aliphatic heterocycles. The van der Waals surface area contributed by atoms with Crippen molar-refractivity contribution >= 4 is 5.78 Å². The summed E-state index contributed by atoms with van der Waals surface area (Å²) in [6, 6.07) is 11.8. The highest BCUT2D eigenvalue weighted by Gasteiger charge is 2.26. The Labute approximate surface area is 210 Å². The maximum atomic E-state index is 12.1. The van der Waals surface area contributed by atoms with Crippen LogP contribution in [0.5, 0.6) is 0 Å². The molecule has 1 saturated carbocycles. The first-order valence-corrected chi connectivity index (χ1v) is 12.4. The number of aryl methyl sites for hydroxylation is 1. The second kappa shape index (κ2) is 9.50. The Morgan fingerprint density at radius 1 is 1.14 bits per heavy atom. The van der Waals surface area contributed by atoms with Crippen molar-refractivity contribution in [1.82, 2.24) is 29.5 Å². The van der Waals surface area contributed by atoms with Crippen LogP contribution in [0.1, 0.15) is 70.9 Å². The maximum Gasteiger partial charge on any atom is 0.163 e. The van der Waals surface area contributed by atoms with Crippen LogP contribution in [0.25, 0.3) is 17.1 Å². The molecule has 1 fully saturated rings. The van der Waals surface area contributed by atoms with Gasteiger partial charge >= 0.3 is 0 Å². The highest BCUT2D eigenvalue weighted by atomic mass is 16.1. The normalized spacial score (nSPS) is 13.1. The van der Waals surface area contributed by atoms with E-state index in [2.05, 4.69) is 32.7 Å². The lowest BCUT2D eigenvalue weighted by Gasteiger charge is -2.10. The topological polar surface area (TPSA) is 102 Å². The molecule has 3 heterocycles. The van der Waals surface area contributed by atoms with Gasteiger partial charge in [-0.15, -0.1) is 0 Å². The number of hydrogen-bond acceptors (Lipinski definition) is 6. The van der Waals surface area contributed by atoms with Crippen molar-refractivity contribution in [3.8, 4) is 23.1 Å². The highest BCUT2D eigenvalue weighted by molar-refractivity contribution is 5.96. The van der Waals surface area contributed by atoms with Crippen LogP contribution in [0, 0.1) is 31.1 Å². The summed E-state index contributed by atoms with van der Waals surface area (Å²) in [5.74, 6) is 1.31. The predicted molar refractivity (Wildman–Crippen MR) is 136 cm³/mol. The van der Waals surface area contributed by atoms with Crippen molar-refractivity contribution in [3.63, 3.8) is 0 Å². The molecule has 4 aromatic rings. The minimum absolute atomic E-state index is 0.00238. The van der Waals surface area contributed by atoms with E-state index >= 15 is 0 Å². The molecule has 0 amide bonds. The average Bonchev–Trinajstić information content (AvgIpc) is 3.55. The van der Waals surface area contributed by atoms with Crippen LogP contribution in [-0.2, 0) is 19.4 Å². The summed E-state index contributed by atoms with van der Waals surface area (Å²) in [6.07, 6.45) is 5.49.